The van der Waals surface area contributed by atoms with E-state index in [0.717, 1.165) is 30.1 Å². The summed E-state index contributed by atoms with van der Waals surface area (Å²) in [7, 11) is 0. The van der Waals surface area contributed by atoms with Crippen LogP contribution in [0.15, 0.2) is 0 Å². The van der Waals surface area contributed by atoms with Gasteiger partial charge in [-0.25, -0.2) is 0 Å². The molecular formula is C16H30N2. The molecular weight excluding hydrogens is 220 g/mol. The predicted molar refractivity (Wildman–Crippen MR) is 76.8 cm³/mol. The molecule has 1 aliphatic carbocycles. The average Bonchev–Trinajstić information content (AvgIpc) is 2.64. The molecule has 2 saturated heterocycles. The topological polar surface area (TPSA) is 15.3 Å². The van der Waals surface area contributed by atoms with Crippen LogP contribution in [0.4, 0.5) is 0 Å². The maximum atomic E-state index is 3.77. The van der Waals surface area contributed by atoms with Crippen molar-refractivity contribution in [2.24, 2.45) is 5.92 Å². The molecule has 0 aromatic heterocycles. The summed E-state index contributed by atoms with van der Waals surface area (Å²) in [4.78, 5) is 2.82. The molecule has 3 rings (SSSR count). The highest BCUT2D eigenvalue weighted by Gasteiger charge is 2.37. The van der Waals surface area contributed by atoms with Gasteiger partial charge in [-0.05, 0) is 51.5 Å². The number of nitrogens with one attached hydrogen (secondary N) is 1. The fraction of sp³-hybridized carbons (Fsp3) is 1.00. The monoisotopic (exact) mass is 250 g/mol. The van der Waals surface area contributed by atoms with Crippen LogP contribution < -0.4 is 5.32 Å². The lowest BCUT2D eigenvalue weighted by Gasteiger charge is -2.42. The molecule has 2 nitrogen and oxygen atoms in total. The molecule has 2 heteroatoms. The highest BCUT2D eigenvalue weighted by molar-refractivity contribution is 4.96. The largest absolute Gasteiger partial charge is 0.311 e. The standard InChI is InChI=1S/C16H30N2/c1-3-18(12(2)9-13-5-4-6-13)16-10-14-7-8-15(11-16)17-14/h12-17H,3-11H2,1-2H3. The molecule has 3 unspecified atom stereocenters. The van der Waals surface area contributed by atoms with E-state index in [1.54, 1.807) is 0 Å². The first-order valence-corrected chi connectivity index (χ1v) is 8.28. The third kappa shape index (κ3) is 2.60. The Kier molecular flexibility index (Phi) is 3.95. The van der Waals surface area contributed by atoms with E-state index in [-0.39, 0.29) is 0 Å². The van der Waals surface area contributed by atoms with Gasteiger partial charge in [-0.3, -0.25) is 4.90 Å². The minimum absolute atomic E-state index is 0.808. The molecule has 3 fully saturated rings. The first-order valence-electron chi connectivity index (χ1n) is 8.28. The maximum Gasteiger partial charge on any atom is 0.0128 e. The summed E-state index contributed by atoms with van der Waals surface area (Å²) in [6.45, 7) is 6.09. The molecule has 0 spiro atoms. The SMILES string of the molecule is CCN(C(C)CC1CCC1)C1CC2CCC(C1)N2. The minimum atomic E-state index is 0.808. The van der Waals surface area contributed by atoms with E-state index in [2.05, 4.69) is 24.1 Å². The zero-order valence-corrected chi connectivity index (χ0v) is 12.2. The van der Waals surface area contributed by atoms with Crippen molar-refractivity contribution in [3.63, 3.8) is 0 Å². The third-order valence-corrected chi connectivity index (χ3v) is 5.75. The zero-order valence-electron chi connectivity index (χ0n) is 12.2. The summed E-state index contributed by atoms with van der Waals surface area (Å²) in [5.74, 6) is 1.05. The van der Waals surface area contributed by atoms with Crippen molar-refractivity contribution in [3.8, 4) is 0 Å². The third-order valence-electron chi connectivity index (χ3n) is 5.75. The number of hydrogen-bond donors (Lipinski definition) is 1. The molecule has 3 atom stereocenters. The van der Waals surface area contributed by atoms with Gasteiger partial charge in [0.2, 0.25) is 0 Å². The molecule has 0 amide bonds. The van der Waals surface area contributed by atoms with Crippen molar-refractivity contribution in [1.29, 1.82) is 0 Å². The van der Waals surface area contributed by atoms with Gasteiger partial charge < -0.3 is 5.32 Å². The molecule has 0 aromatic rings. The van der Waals surface area contributed by atoms with Crippen LogP contribution in [-0.4, -0.2) is 35.6 Å². The number of hydrogen-bond acceptors (Lipinski definition) is 2. The molecule has 3 aliphatic rings. The average molecular weight is 250 g/mol. The van der Waals surface area contributed by atoms with Gasteiger partial charge >= 0.3 is 0 Å². The summed E-state index contributed by atoms with van der Waals surface area (Å²) >= 11 is 0. The van der Waals surface area contributed by atoms with Crippen LogP contribution in [0, 0.1) is 5.92 Å². The summed E-state index contributed by atoms with van der Waals surface area (Å²) in [6, 6.07) is 3.34. The number of fused-ring (bicyclic) bond motifs is 2. The Bertz CT molecular complexity index is 262. The smallest absolute Gasteiger partial charge is 0.0128 e. The lowest BCUT2D eigenvalue weighted by atomic mass is 9.80. The van der Waals surface area contributed by atoms with Crippen molar-refractivity contribution in [2.45, 2.75) is 89.4 Å². The normalized spacial score (nSPS) is 37.8. The lowest BCUT2D eigenvalue weighted by Crippen LogP contribution is -2.51. The Balaban J connectivity index is 1.56. The van der Waals surface area contributed by atoms with Gasteiger partial charge in [0, 0.05) is 24.2 Å². The predicted octanol–water partition coefficient (Wildman–Crippen LogP) is 3.17. The van der Waals surface area contributed by atoms with Crippen molar-refractivity contribution in [3.05, 3.63) is 0 Å². The number of rotatable bonds is 5. The molecule has 2 aliphatic heterocycles. The summed E-state index contributed by atoms with van der Waals surface area (Å²) in [5.41, 5.74) is 0. The van der Waals surface area contributed by atoms with Gasteiger partial charge in [0.25, 0.3) is 0 Å². The maximum absolute atomic E-state index is 3.77. The first-order chi connectivity index (χ1) is 8.76. The molecule has 18 heavy (non-hydrogen) atoms. The quantitative estimate of drug-likeness (QED) is 0.806. The van der Waals surface area contributed by atoms with Gasteiger partial charge in [-0.1, -0.05) is 26.2 Å². The van der Waals surface area contributed by atoms with E-state index in [0.29, 0.717) is 0 Å². The van der Waals surface area contributed by atoms with Crippen LogP contribution in [0.3, 0.4) is 0 Å². The van der Waals surface area contributed by atoms with Crippen LogP contribution >= 0.6 is 0 Å². The molecule has 2 heterocycles. The highest BCUT2D eigenvalue weighted by atomic mass is 15.2. The highest BCUT2D eigenvalue weighted by Crippen LogP contribution is 2.34. The summed E-state index contributed by atoms with van der Waals surface area (Å²) in [5, 5.41) is 3.77. The zero-order chi connectivity index (χ0) is 12.5. The van der Waals surface area contributed by atoms with Crippen molar-refractivity contribution >= 4 is 0 Å². The van der Waals surface area contributed by atoms with E-state index >= 15 is 0 Å². The number of piperidine rings is 1. The van der Waals surface area contributed by atoms with E-state index in [9.17, 15) is 0 Å². The second kappa shape index (κ2) is 5.50. The molecule has 1 N–H and O–H groups in total. The van der Waals surface area contributed by atoms with Crippen LogP contribution in [0.5, 0.6) is 0 Å². The molecule has 1 saturated carbocycles. The fourth-order valence-electron chi connectivity index (χ4n) is 4.57. The van der Waals surface area contributed by atoms with E-state index in [1.165, 1.54) is 57.9 Å². The second-order valence-corrected chi connectivity index (χ2v) is 6.98. The van der Waals surface area contributed by atoms with Gasteiger partial charge in [-0.2, -0.15) is 0 Å². The van der Waals surface area contributed by atoms with E-state index in [1.807, 2.05) is 0 Å². The molecule has 104 valence electrons. The van der Waals surface area contributed by atoms with E-state index in [4.69, 9.17) is 0 Å². The Morgan fingerprint density at radius 2 is 1.78 bits per heavy atom. The molecule has 0 aromatic carbocycles. The Morgan fingerprint density at radius 3 is 2.28 bits per heavy atom. The van der Waals surface area contributed by atoms with E-state index < -0.39 is 0 Å². The summed E-state index contributed by atoms with van der Waals surface area (Å²) in [6.07, 6.45) is 11.6. The second-order valence-electron chi connectivity index (χ2n) is 6.98. The van der Waals surface area contributed by atoms with Gasteiger partial charge in [-0.15, -0.1) is 0 Å². The number of nitrogens with zero attached hydrogens (tertiary/aromatic N) is 1. The Morgan fingerprint density at radius 1 is 1.11 bits per heavy atom. The fourth-order valence-corrected chi connectivity index (χ4v) is 4.57. The van der Waals surface area contributed by atoms with Crippen molar-refractivity contribution in [2.75, 3.05) is 6.54 Å². The van der Waals surface area contributed by atoms with Gasteiger partial charge in [0.05, 0.1) is 0 Å². The van der Waals surface area contributed by atoms with Crippen LogP contribution in [-0.2, 0) is 0 Å². The Hall–Kier alpha value is -0.0800. The Labute approximate surface area is 113 Å². The molecule has 2 bridgehead atoms. The van der Waals surface area contributed by atoms with Crippen molar-refractivity contribution in [1.82, 2.24) is 10.2 Å². The lowest BCUT2D eigenvalue weighted by molar-refractivity contribution is 0.0839. The minimum Gasteiger partial charge on any atom is -0.311 e. The van der Waals surface area contributed by atoms with Gasteiger partial charge in [0.15, 0.2) is 0 Å². The van der Waals surface area contributed by atoms with Crippen LogP contribution in [0.2, 0.25) is 0 Å². The van der Waals surface area contributed by atoms with Crippen LogP contribution in [0.25, 0.3) is 0 Å². The first kappa shape index (κ1) is 12.9. The summed E-state index contributed by atoms with van der Waals surface area (Å²) < 4.78 is 0. The molecule has 0 radical (unpaired) electrons. The van der Waals surface area contributed by atoms with Crippen molar-refractivity contribution < 1.29 is 0 Å². The van der Waals surface area contributed by atoms with Crippen LogP contribution in [0.1, 0.15) is 65.2 Å². The van der Waals surface area contributed by atoms with Gasteiger partial charge in [0.1, 0.15) is 0 Å².